The second kappa shape index (κ2) is 8.49. The lowest BCUT2D eigenvalue weighted by Crippen LogP contribution is -2.22. The van der Waals surface area contributed by atoms with Crippen LogP contribution in [0.4, 0.5) is 5.00 Å². The maximum Gasteiger partial charge on any atom is 0.331 e. The molecule has 0 spiro atoms. The number of carbonyl (C=O) groups excluding carboxylic acids is 3. The molecule has 0 saturated carbocycles. The molecule has 0 atom stereocenters. The summed E-state index contributed by atoms with van der Waals surface area (Å²) in [6, 6.07) is 1.96. The molecule has 2 aromatic heterocycles. The van der Waals surface area contributed by atoms with Crippen molar-refractivity contribution < 1.29 is 19.1 Å². The van der Waals surface area contributed by atoms with Gasteiger partial charge in [-0.2, -0.15) is 0 Å². The van der Waals surface area contributed by atoms with Crippen molar-refractivity contribution in [2.75, 3.05) is 11.9 Å². The number of anilines is 1. The number of thiophene rings is 2. The highest BCUT2D eigenvalue weighted by molar-refractivity contribution is 7.17. The van der Waals surface area contributed by atoms with E-state index in [0.717, 1.165) is 46.6 Å². The van der Waals surface area contributed by atoms with Gasteiger partial charge in [0.15, 0.2) is 6.61 Å². The fraction of sp³-hybridized carbons (Fsp3) is 0.316. The Labute approximate surface area is 165 Å². The molecular weight excluding hydrogens is 384 g/mol. The molecule has 0 aliphatic heterocycles. The van der Waals surface area contributed by atoms with Crippen molar-refractivity contribution >= 4 is 51.5 Å². The van der Waals surface area contributed by atoms with Crippen LogP contribution >= 0.6 is 22.7 Å². The first kappa shape index (κ1) is 19.3. The Hall–Kier alpha value is -2.45. The number of fused-ring (bicyclic) bond motifs is 1. The zero-order valence-corrected chi connectivity index (χ0v) is 16.5. The molecule has 0 fully saturated rings. The number of hydrogen-bond acceptors (Lipinski definition) is 6. The number of aryl methyl sites for hydroxylation is 2. The van der Waals surface area contributed by atoms with E-state index in [-0.39, 0.29) is 0 Å². The topological polar surface area (TPSA) is 98.5 Å². The molecular formula is C19H20N2O4S2. The van der Waals surface area contributed by atoms with Crippen LogP contribution in [0.3, 0.4) is 0 Å². The van der Waals surface area contributed by atoms with Crippen LogP contribution in [0.2, 0.25) is 0 Å². The summed E-state index contributed by atoms with van der Waals surface area (Å²) in [5, 5.41) is 5.04. The Kier molecular flexibility index (Phi) is 6.08. The Morgan fingerprint density at radius 2 is 2.07 bits per heavy atom. The molecule has 8 heteroatoms. The van der Waals surface area contributed by atoms with Crippen LogP contribution in [0.1, 0.15) is 44.1 Å². The average molecular weight is 405 g/mol. The second-order valence-electron chi connectivity index (χ2n) is 6.24. The maximum absolute atomic E-state index is 12.1. The summed E-state index contributed by atoms with van der Waals surface area (Å²) in [5.74, 6) is -1.64. The molecule has 0 saturated heterocycles. The van der Waals surface area contributed by atoms with Crippen molar-refractivity contribution in [1.29, 1.82) is 0 Å². The van der Waals surface area contributed by atoms with Crippen molar-refractivity contribution in [3.63, 3.8) is 0 Å². The largest absolute Gasteiger partial charge is 0.452 e. The van der Waals surface area contributed by atoms with Crippen LogP contribution in [0.15, 0.2) is 17.5 Å². The Morgan fingerprint density at radius 3 is 2.78 bits per heavy atom. The van der Waals surface area contributed by atoms with Gasteiger partial charge in [-0.1, -0.05) is 0 Å². The van der Waals surface area contributed by atoms with E-state index < -0.39 is 24.4 Å². The van der Waals surface area contributed by atoms with Crippen molar-refractivity contribution in [3.05, 3.63) is 44.0 Å². The lowest BCUT2D eigenvalue weighted by atomic mass is 9.95. The Bertz CT molecular complexity index is 911. The molecule has 0 unspecified atom stereocenters. The number of esters is 1. The highest BCUT2D eigenvalue weighted by atomic mass is 32.1. The number of primary amides is 1. The van der Waals surface area contributed by atoms with Crippen LogP contribution in [0.25, 0.3) is 6.08 Å². The molecule has 142 valence electrons. The van der Waals surface area contributed by atoms with Gasteiger partial charge >= 0.3 is 5.97 Å². The third kappa shape index (κ3) is 4.64. The smallest absolute Gasteiger partial charge is 0.331 e. The number of rotatable bonds is 6. The summed E-state index contributed by atoms with van der Waals surface area (Å²) in [4.78, 5) is 37.8. The number of nitrogens with one attached hydrogen (secondary N) is 1. The summed E-state index contributed by atoms with van der Waals surface area (Å²) in [6.07, 6.45) is 6.71. The van der Waals surface area contributed by atoms with Gasteiger partial charge < -0.3 is 15.8 Å². The predicted octanol–water partition coefficient (Wildman–Crippen LogP) is 3.29. The SMILES string of the molecule is Cc1ccsc1/C=C/C(=O)OCC(=O)Nc1sc2c(c1C(N)=O)CCCC2. The minimum absolute atomic E-state index is 0.391. The Balaban J connectivity index is 1.59. The molecule has 2 heterocycles. The predicted molar refractivity (Wildman–Crippen MR) is 107 cm³/mol. The quantitative estimate of drug-likeness (QED) is 0.570. The van der Waals surface area contributed by atoms with Crippen LogP contribution in [-0.2, 0) is 27.2 Å². The van der Waals surface area contributed by atoms with Gasteiger partial charge in [-0.25, -0.2) is 4.79 Å². The van der Waals surface area contributed by atoms with Gasteiger partial charge in [0, 0.05) is 15.8 Å². The van der Waals surface area contributed by atoms with Crippen LogP contribution in [-0.4, -0.2) is 24.4 Å². The third-order valence-corrected chi connectivity index (χ3v) is 6.48. The van der Waals surface area contributed by atoms with E-state index in [1.165, 1.54) is 28.7 Å². The molecule has 1 aliphatic carbocycles. The fourth-order valence-corrected chi connectivity index (χ4v) is 5.09. The van der Waals surface area contributed by atoms with Crippen molar-refractivity contribution in [2.24, 2.45) is 5.73 Å². The zero-order chi connectivity index (χ0) is 19.4. The minimum atomic E-state index is -0.599. The summed E-state index contributed by atoms with van der Waals surface area (Å²) in [5.41, 5.74) is 7.91. The standard InChI is InChI=1S/C19H20N2O4S2/c1-11-8-9-26-13(11)6-7-16(23)25-10-15(22)21-19-17(18(20)24)12-4-2-3-5-14(12)27-19/h6-9H,2-5,10H2,1H3,(H2,20,24)(H,21,22)/b7-6+. The van der Waals surface area contributed by atoms with Crippen molar-refractivity contribution in [3.8, 4) is 0 Å². The van der Waals surface area contributed by atoms with Gasteiger partial charge in [0.25, 0.3) is 11.8 Å². The molecule has 0 bridgehead atoms. The number of ether oxygens (including phenoxy) is 1. The Morgan fingerprint density at radius 1 is 1.30 bits per heavy atom. The van der Waals surface area contributed by atoms with Gasteiger partial charge in [-0.05, 0) is 61.3 Å². The average Bonchev–Trinajstić information content (AvgIpc) is 3.20. The minimum Gasteiger partial charge on any atom is -0.452 e. The molecule has 27 heavy (non-hydrogen) atoms. The van der Waals surface area contributed by atoms with E-state index >= 15 is 0 Å². The molecule has 3 rings (SSSR count). The van der Waals surface area contributed by atoms with E-state index in [9.17, 15) is 14.4 Å². The first-order valence-corrected chi connectivity index (χ1v) is 10.3. The molecule has 0 radical (unpaired) electrons. The van der Waals surface area contributed by atoms with E-state index in [1.807, 2.05) is 18.4 Å². The third-order valence-electron chi connectivity index (χ3n) is 4.29. The van der Waals surface area contributed by atoms with E-state index in [2.05, 4.69) is 5.32 Å². The van der Waals surface area contributed by atoms with E-state index in [4.69, 9.17) is 10.5 Å². The highest BCUT2D eigenvalue weighted by Gasteiger charge is 2.25. The molecule has 3 N–H and O–H groups in total. The molecule has 0 aromatic carbocycles. The van der Waals surface area contributed by atoms with Crippen LogP contribution in [0, 0.1) is 6.92 Å². The maximum atomic E-state index is 12.1. The number of nitrogens with two attached hydrogens (primary N) is 1. The summed E-state index contributed by atoms with van der Waals surface area (Å²) in [6.45, 7) is 1.53. The highest BCUT2D eigenvalue weighted by Crippen LogP contribution is 2.37. The van der Waals surface area contributed by atoms with Gasteiger partial charge in [-0.15, -0.1) is 22.7 Å². The lowest BCUT2D eigenvalue weighted by Gasteiger charge is -2.11. The van der Waals surface area contributed by atoms with Gasteiger partial charge in [0.1, 0.15) is 5.00 Å². The number of amides is 2. The normalized spacial score (nSPS) is 13.4. The molecule has 2 aromatic rings. The van der Waals surface area contributed by atoms with Gasteiger partial charge in [-0.3, -0.25) is 9.59 Å². The van der Waals surface area contributed by atoms with E-state index in [1.54, 1.807) is 6.08 Å². The zero-order valence-electron chi connectivity index (χ0n) is 14.9. The lowest BCUT2D eigenvalue weighted by molar-refractivity contribution is -0.142. The molecule has 6 nitrogen and oxygen atoms in total. The van der Waals surface area contributed by atoms with Gasteiger partial charge in [0.05, 0.1) is 5.56 Å². The van der Waals surface area contributed by atoms with E-state index in [0.29, 0.717) is 10.6 Å². The fourth-order valence-electron chi connectivity index (χ4n) is 2.96. The monoisotopic (exact) mass is 404 g/mol. The molecule has 1 aliphatic rings. The summed E-state index contributed by atoms with van der Waals surface area (Å²) >= 11 is 2.90. The van der Waals surface area contributed by atoms with Crippen LogP contribution in [0.5, 0.6) is 0 Å². The summed E-state index contributed by atoms with van der Waals surface area (Å²) < 4.78 is 4.97. The van der Waals surface area contributed by atoms with Crippen molar-refractivity contribution in [2.45, 2.75) is 32.6 Å². The first-order chi connectivity index (χ1) is 13.0. The number of carbonyl (C=O) groups is 3. The second-order valence-corrected chi connectivity index (χ2v) is 8.29. The number of hydrogen-bond donors (Lipinski definition) is 2. The molecule has 2 amide bonds. The van der Waals surface area contributed by atoms with Crippen LogP contribution < -0.4 is 11.1 Å². The van der Waals surface area contributed by atoms with Crippen molar-refractivity contribution in [1.82, 2.24) is 0 Å². The summed E-state index contributed by atoms with van der Waals surface area (Å²) in [7, 11) is 0. The van der Waals surface area contributed by atoms with Gasteiger partial charge in [0.2, 0.25) is 0 Å². The first-order valence-electron chi connectivity index (χ1n) is 8.59.